The number of aromatic amines is 2. The number of rotatable bonds is 3. The fourth-order valence-corrected chi connectivity index (χ4v) is 4.13. The van der Waals surface area contributed by atoms with E-state index in [-0.39, 0.29) is 5.69 Å². The van der Waals surface area contributed by atoms with Gasteiger partial charge in [0.2, 0.25) is 5.91 Å². The van der Waals surface area contributed by atoms with Crippen molar-refractivity contribution in [1.29, 1.82) is 0 Å². The average molecular weight is 420 g/mol. The first kappa shape index (κ1) is 18.1. The molecule has 4 N–H and O–H groups in total. The van der Waals surface area contributed by atoms with Crippen LogP contribution in [0.25, 0.3) is 50.0 Å². The molecule has 3 aromatic heterocycles. The lowest BCUT2D eigenvalue weighted by molar-refractivity contribution is 0.100. The van der Waals surface area contributed by atoms with Gasteiger partial charge in [0.25, 0.3) is 0 Å². The summed E-state index contributed by atoms with van der Waals surface area (Å²) < 4.78 is 2.01. The van der Waals surface area contributed by atoms with Gasteiger partial charge in [-0.1, -0.05) is 18.2 Å². The predicted octanol–water partition coefficient (Wildman–Crippen LogP) is 3.51. The Balaban J connectivity index is 1.71. The molecule has 0 saturated carbocycles. The van der Waals surface area contributed by atoms with Gasteiger partial charge in [0, 0.05) is 28.4 Å². The quantitative estimate of drug-likeness (QED) is 0.405. The number of hydrogen-bond acceptors (Lipinski definition) is 4. The number of nitrogens with zero attached hydrogens (tertiary/aromatic N) is 3. The molecule has 6 rings (SSSR count). The van der Waals surface area contributed by atoms with Crippen LogP contribution in [0.5, 0.6) is 0 Å². The fraction of sp³-hybridized carbons (Fsp3) is 0. The Bertz CT molecular complexity index is 1740. The maximum atomic E-state index is 11.8. The van der Waals surface area contributed by atoms with Gasteiger partial charge in [0.1, 0.15) is 5.82 Å². The lowest BCUT2D eigenvalue weighted by Crippen LogP contribution is -2.10. The summed E-state index contributed by atoms with van der Waals surface area (Å²) in [7, 11) is 0. The van der Waals surface area contributed by atoms with Crippen molar-refractivity contribution in [2.24, 2.45) is 5.73 Å². The molecule has 0 saturated heterocycles. The molecule has 0 radical (unpaired) electrons. The number of nitrogens with two attached hydrogens (primary N) is 1. The molecule has 0 fully saturated rings. The second kappa shape index (κ2) is 6.64. The number of hydrogen-bond donors (Lipinski definition) is 3. The minimum absolute atomic E-state index is 0.265. The highest BCUT2D eigenvalue weighted by atomic mass is 16.1. The Morgan fingerprint density at radius 1 is 0.906 bits per heavy atom. The van der Waals surface area contributed by atoms with Gasteiger partial charge in [-0.25, -0.2) is 9.78 Å². The van der Waals surface area contributed by atoms with E-state index in [0.717, 1.165) is 33.2 Å². The third-order valence-corrected chi connectivity index (χ3v) is 5.59. The van der Waals surface area contributed by atoms with E-state index in [4.69, 9.17) is 10.7 Å². The van der Waals surface area contributed by atoms with Gasteiger partial charge < -0.3 is 15.7 Å². The third kappa shape index (κ3) is 2.70. The highest BCUT2D eigenvalue weighted by Gasteiger charge is 2.18. The zero-order valence-electron chi connectivity index (χ0n) is 16.7. The SMILES string of the molecule is NC(=O)c1ccc2c(c1)nc(-c1ccnc3ccccc13)n2-c1ccc2[nH]c(=O)[nH]c2c1. The van der Waals surface area contributed by atoms with E-state index in [9.17, 15) is 9.59 Å². The summed E-state index contributed by atoms with van der Waals surface area (Å²) in [4.78, 5) is 38.4. The second-order valence-electron chi connectivity index (χ2n) is 7.52. The molecule has 3 aromatic carbocycles. The molecule has 0 spiro atoms. The van der Waals surface area contributed by atoms with E-state index in [0.29, 0.717) is 22.4 Å². The molecule has 0 aliphatic carbocycles. The van der Waals surface area contributed by atoms with Crippen molar-refractivity contribution in [3.8, 4) is 17.1 Å². The fourth-order valence-electron chi connectivity index (χ4n) is 4.13. The maximum Gasteiger partial charge on any atom is 0.323 e. The van der Waals surface area contributed by atoms with Gasteiger partial charge >= 0.3 is 5.69 Å². The van der Waals surface area contributed by atoms with E-state index in [1.165, 1.54) is 0 Å². The lowest BCUT2D eigenvalue weighted by atomic mass is 10.1. The first-order chi connectivity index (χ1) is 15.6. The van der Waals surface area contributed by atoms with Crippen molar-refractivity contribution >= 4 is 38.9 Å². The van der Waals surface area contributed by atoms with Crippen LogP contribution in [0, 0.1) is 0 Å². The number of H-pyrrole nitrogens is 2. The molecule has 0 unspecified atom stereocenters. The van der Waals surface area contributed by atoms with Crippen LogP contribution in [0.3, 0.4) is 0 Å². The molecule has 0 atom stereocenters. The summed E-state index contributed by atoms with van der Waals surface area (Å²) in [6.07, 6.45) is 1.75. The van der Waals surface area contributed by atoms with E-state index in [2.05, 4.69) is 15.0 Å². The Kier molecular flexibility index (Phi) is 3.75. The topological polar surface area (TPSA) is 122 Å². The molecule has 0 aliphatic rings. The summed E-state index contributed by atoms with van der Waals surface area (Å²) in [5.41, 5.74) is 11.0. The standard InChI is InChI=1S/C24H16N6O2/c25-22(31)13-5-8-21-20(11-13)27-23(16-9-10-26-17-4-2-1-3-15(16)17)30(21)14-6-7-18-19(12-14)29-24(32)28-18/h1-12H,(H2,25,31)(H2,28,29,32). The number of aromatic nitrogens is 5. The van der Waals surface area contributed by atoms with Gasteiger partial charge in [0.15, 0.2) is 0 Å². The largest absolute Gasteiger partial charge is 0.366 e. The van der Waals surface area contributed by atoms with E-state index >= 15 is 0 Å². The first-order valence-electron chi connectivity index (χ1n) is 9.97. The second-order valence-corrected chi connectivity index (χ2v) is 7.52. The van der Waals surface area contributed by atoms with Crippen molar-refractivity contribution in [2.75, 3.05) is 0 Å². The van der Waals surface area contributed by atoms with Gasteiger partial charge in [-0.3, -0.25) is 14.3 Å². The molecule has 32 heavy (non-hydrogen) atoms. The lowest BCUT2D eigenvalue weighted by Gasteiger charge is -2.11. The molecule has 0 aliphatic heterocycles. The van der Waals surface area contributed by atoms with Crippen LogP contribution in [0.15, 0.2) is 77.7 Å². The molecular formula is C24H16N6O2. The molecule has 154 valence electrons. The third-order valence-electron chi connectivity index (χ3n) is 5.59. The van der Waals surface area contributed by atoms with Crippen molar-refractivity contribution in [3.05, 3.63) is 89.0 Å². The van der Waals surface area contributed by atoms with Crippen molar-refractivity contribution in [2.45, 2.75) is 0 Å². The Morgan fingerprint density at radius 3 is 2.62 bits per heavy atom. The minimum atomic E-state index is -0.510. The van der Waals surface area contributed by atoms with Gasteiger partial charge in [0.05, 0.1) is 27.6 Å². The monoisotopic (exact) mass is 420 g/mol. The van der Waals surface area contributed by atoms with Crippen LogP contribution < -0.4 is 11.4 Å². The predicted molar refractivity (Wildman–Crippen MR) is 123 cm³/mol. The van der Waals surface area contributed by atoms with E-state index in [1.54, 1.807) is 18.3 Å². The van der Waals surface area contributed by atoms with Crippen LogP contribution in [-0.4, -0.2) is 30.4 Å². The molecule has 1 amide bonds. The Morgan fingerprint density at radius 2 is 1.75 bits per heavy atom. The first-order valence-corrected chi connectivity index (χ1v) is 9.97. The number of benzene rings is 3. The summed E-state index contributed by atoms with van der Waals surface area (Å²) in [5.74, 6) is 0.182. The summed E-state index contributed by atoms with van der Waals surface area (Å²) in [5, 5.41) is 0.956. The molecule has 8 nitrogen and oxygen atoms in total. The van der Waals surface area contributed by atoms with Gasteiger partial charge in [-0.15, -0.1) is 0 Å². The molecule has 6 aromatic rings. The molecule has 0 bridgehead atoms. The number of nitrogens with one attached hydrogen (secondary N) is 2. The Labute approximate surface area is 180 Å². The van der Waals surface area contributed by atoms with Gasteiger partial charge in [-0.2, -0.15) is 0 Å². The molecule has 8 heteroatoms. The highest BCUT2D eigenvalue weighted by Crippen LogP contribution is 2.33. The van der Waals surface area contributed by atoms with Crippen molar-refractivity contribution in [1.82, 2.24) is 24.5 Å². The number of pyridine rings is 1. The Hall–Kier alpha value is -4.72. The zero-order chi connectivity index (χ0) is 21.8. The average Bonchev–Trinajstić information content (AvgIpc) is 3.36. The normalized spacial score (nSPS) is 11.5. The molecular weight excluding hydrogens is 404 g/mol. The number of imidazole rings is 2. The number of fused-ring (bicyclic) bond motifs is 3. The summed E-state index contributed by atoms with van der Waals surface area (Å²) >= 11 is 0. The van der Waals surface area contributed by atoms with E-state index < -0.39 is 5.91 Å². The van der Waals surface area contributed by atoms with Crippen LogP contribution in [0.1, 0.15) is 10.4 Å². The number of primary amides is 1. The smallest absolute Gasteiger partial charge is 0.323 e. The minimum Gasteiger partial charge on any atom is -0.366 e. The maximum absolute atomic E-state index is 11.8. The summed E-state index contributed by atoms with van der Waals surface area (Å²) in [6.45, 7) is 0. The zero-order valence-corrected chi connectivity index (χ0v) is 16.7. The number of carbonyl (C=O) groups is 1. The van der Waals surface area contributed by atoms with Crippen LogP contribution in [-0.2, 0) is 0 Å². The number of para-hydroxylation sites is 1. The molecule has 3 heterocycles. The van der Waals surface area contributed by atoms with Crippen molar-refractivity contribution in [3.63, 3.8) is 0 Å². The van der Waals surface area contributed by atoms with Crippen LogP contribution >= 0.6 is 0 Å². The number of amides is 1. The van der Waals surface area contributed by atoms with Crippen LogP contribution in [0.4, 0.5) is 0 Å². The van der Waals surface area contributed by atoms with Crippen molar-refractivity contribution < 1.29 is 4.79 Å². The highest BCUT2D eigenvalue weighted by molar-refractivity contribution is 5.99. The summed E-state index contributed by atoms with van der Waals surface area (Å²) in [6, 6.07) is 20.7. The van der Waals surface area contributed by atoms with Gasteiger partial charge in [-0.05, 0) is 48.5 Å². The van der Waals surface area contributed by atoms with E-state index in [1.807, 2.05) is 59.2 Å². The number of carbonyl (C=O) groups excluding carboxylic acids is 1. The van der Waals surface area contributed by atoms with Crippen LogP contribution in [0.2, 0.25) is 0 Å².